The van der Waals surface area contributed by atoms with Crippen molar-refractivity contribution >= 4 is 5.91 Å². The summed E-state index contributed by atoms with van der Waals surface area (Å²) in [7, 11) is 0. The highest BCUT2D eigenvalue weighted by Gasteiger charge is 2.29. The van der Waals surface area contributed by atoms with Crippen molar-refractivity contribution in [1.82, 2.24) is 10.2 Å². The third kappa shape index (κ3) is 4.66. The molecule has 1 amide bonds. The summed E-state index contributed by atoms with van der Waals surface area (Å²) in [5.74, 6) is 0.291. The first-order valence-electron chi connectivity index (χ1n) is 6.98. The predicted molar refractivity (Wildman–Crippen MR) is 72.0 cm³/mol. The molecule has 0 aromatic carbocycles. The Kier molecular flexibility index (Phi) is 5.44. The number of rotatable bonds is 5. The van der Waals surface area contributed by atoms with E-state index in [1.165, 1.54) is 12.8 Å². The minimum absolute atomic E-state index is 0.258. The summed E-state index contributed by atoms with van der Waals surface area (Å²) in [5, 5.41) is 3.48. The molecule has 0 radical (unpaired) electrons. The van der Waals surface area contributed by atoms with Crippen LogP contribution in [0.25, 0.3) is 0 Å². The highest BCUT2D eigenvalue weighted by atomic mass is 16.2. The van der Waals surface area contributed by atoms with Gasteiger partial charge in [0, 0.05) is 24.5 Å². The van der Waals surface area contributed by atoms with Gasteiger partial charge < -0.3 is 10.2 Å². The average Bonchev–Trinajstić information content (AvgIpc) is 2.74. The maximum atomic E-state index is 12.4. The molecule has 0 aromatic rings. The van der Waals surface area contributed by atoms with Gasteiger partial charge in [0.25, 0.3) is 0 Å². The smallest absolute Gasteiger partial charge is 0.227 e. The molecule has 17 heavy (non-hydrogen) atoms. The van der Waals surface area contributed by atoms with E-state index in [4.69, 9.17) is 0 Å². The van der Waals surface area contributed by atoms with E-state index in [0.29, 0.717) is 11.9 Å². The molecule has 0 aromatic heterocycles. The first-order valence-corrected chi connectivity index (χ1v) is 6.98. The van der Waals surface area contributed by atoms with Gasteiger partial charge in [-0.15, -0.1) is 0 Å². The molecular formula is C14H28N2O. The molecule has 1 heterocycles. The lowest BCUT2D eigenvalue weighted by Crippen LogP contribution is -2.46. The molecule has 100 valence electrons. The van der Waals surface area contributed by atoms with Crippen LogP contribution in [0.1, 0.15) is 53.4 Å². The molecule has 1 rings (SSSR count). The van der Waals surface area contributed by atoms with Crippen LogP contribution in [-0.2, 0) is 4.79 Å². The predicted octanol–water partition coefficient (Wildman–Crippen LogP) is 2.41. The van der Waals surface area contributed by atoms with E-state index in [9.17, 15) is 4.79 Å². The Morgan fingerprint density at radius 3 is 2.59 bits per heavy atom. The summed E-state index contributed by atoms with van der Waals surface area (Å²) in [6.07, 6.45) is 4.70. The number of carbonyl (C=O) groups is 1. The Bertz CT molecular complexity index is 239. The van der Waals surface area contributed by atoms with E-state index in [2.05, 4.69) is 17.1 Å². The molecule has 1 aliphatic heterocycles. The molecule has 0 bridgehead atoms. The molecule has 0 aliphatic carbocycles. The lowest BCUT2D eigenvalue weighted by Gasteiger charge is -2.31. The Hall–Kier alpha value is -0.570. The van der Waals surface area contributed by atoms with E-state index in [0.717, 1.165) is 32.5 Å². The number of nitrogens with one attached hydrogen (secondary N) is 1. The largest absolute Gasteiger partial charge is 0.341 e. The quantitative estimate of drug-likeness (QED) is 0.800. The van der Waals surface area contributed by atoms with Crippen LogP contribution in [0.5, 0.6) is 0 Å². The number of nitrogens with zero attached hydrogens (tertiary/aromatic N) is 1. The van der Waals surface area contributed by atoms with Crippen LogP contribution in [0.3, 0.4) is 0 Å². The van der Waals surface area contributed by atoms with Gasteiger partial charge in [0.05, 0.1) is 0 Å². The second-order valence-electron chi connectivity index (χ2n) is 6.15. The number of amides is 1. The Balaban J connectivity index is 2.55. The van der Waals surface area contributed by atoms with Crippen molar-refractivity contribution < 1.29 is 4.79 Å². The second-order valence-corrected chi connectivity index (χ2v) is 6.15. The zero-order valence-electron chi connectivity index (χ0n) is 11.9. The Labute approximate surface area is 106 Å². The summed E-state index contributed by atoms with van der Waals surface area (Å²) in [6.45, 7) is 11.1. The number of carbonyl (C=O) groups excluding carboxylic acids is 1. The molecular weight excluding hydrogens is 212 g/mol. The molecule has 1 unspecified atom stereocenters. The van der Waals surface area contributed by atoms with Gasteiger partial charge in [-0.25, -0.2) is 0 Å². The lowest BCUT2D eigenvalue weighted by molar-refractivity contribution is -0.139. The van der Waals surface area contributed by atoms with E-state index in [-0.39, 0.29) is 5.41 Å². The van der Waals surface area contributed by atoms with Crippen molar-refractivity contribution in [3.8, 4) is 0 Å². The van der Waals surface area contributed by atoms with Gasteiger partial charge in [-0.3, -0.25) is 4.79 Å². The van der Waals surface area contributed by atoms with E-state index in [1.807, 2.05) is 20.8 Å². The van der Waals surface area contributed by atoms with Gasteiger partial charge in [0.1, 0.15) is 0 Å². The molecule has 1 saturated heterocycles. The summed E-state index contributed by atoms with van der Waals surface area (Å²) in [5.41, 5.74) is -0.258. The van der Waals surface area contributed by atoms with Gasteiger partial charge in [-0.2, -0.15) is 0 Å². The molecule has 3 heteroatoms. The highest BCUT2D eigenvalue weighted by Crippen LogP contribution is 2.19. The fourth-order valence-electron chi connectivity index (χ4n) is 2.28. The summed E-state index contributed by atoms with van der Waals surface area (Å²) in [6, 6.07) is 0.512. The van der Waals surface area contributed by atoms with Gasteiger partial charge >= 0.3 is 0 Å². The van der Waals surface area contributed by atoms with Crippen LogP contribution >= 0.6 is 0 Å². The van der Waals surface area contributed by atoms with Crippen molar-refractivity contribution in [2.45, 2.75) is 59.4 Å². The fourth-order valence-corrected chi connectivity index (χ4v) is 2.28. The molecule has 0 spiro atoms. The Morgan fingerprint density at radius 2 is 2.12 bits per heavy atom. The summed E-state index contributed by atoms with van der Waals surface area (Å²) >= 11 is 0. The Morgan fingerprint density at radius 1 is 1.41 bits per heavy atom. The van der Waals surface area contributed by atoms with Gasteiger partial charge in [-0.05, 0) is 25.8 Å². The minimum Gasteiger partial charge on any atom is -0.341 e. The van der Waals surface area contributed by atoms with Crippen molar-refractivity contribution in [2.24, 2.45) is 5.41 Å². The zero-order valence-corrected chi connectivity index (χ0v) is 11.9. The van der Waals surface area contributed by atoms with Gasteiger partial charge in [0.2, 0.25) is 5.91 Å². The fraction of sp³-hybridized carbons (Fsp3) is 0.929. The number of unbranched alkanes of at least 4 members (excludes halogenated alkanes) is 1. The summed E-state index contributed by atoms with van der Waals surface area (Å²) in [4.78, 5) is 14.4. The topological polar surface area (TPSA) is 32.3 Å². The van der Waals surface area contributed by atoms with E-state index >= 15 is 0 Å². The van der Waals surface area contributed by atoms with Crippen LogP contribution in [0, 0.1) is 5.41 Å². The molecule has 1 fully saturated rings. The normalized spacial score (nSPS) is 20.6. The van der Waals surface area contributed by atoms with Crippen LogP contribution < -0.4 is 5.32 Å². The molecule has 0 saturated carbocycles. The van der Waals surface area contributed by atoms with Crippen molar-refractivity contribution in [3.05, 3.63) is 0 Å². The molecule has 1 aliphatic rings. The van der Waals surface area contributed by atoms with E-state index < -0.39 is 0 Å². The SMILES string of the molecule is CCCCN(CC1CCCN1)C(=O)C(C)(C)C. The average molecular weight is 240 g/mol. The maximum absolute atomic E-state index is 12.4. The van der Waals surface area contributed by atoms with Crippen LogP contribution in [0.15, 0.2) is 0 Å². The monoisotopic (exact) mass is 240 g/mol. The summed E-state index contributed by atoms with van der Waals surface area (Å²) < 4.78 is 0. The first kappa shape index (κ1) is 14.5. The zero-order chi connectivity index (χ0) is 12.9. The lowest BCUT2D eigenvalue weighted by atomic mass is 9.94. The number of hydrogen-bond donors (Lipinski definition) is 1. The standard InChI is InChI=1S/C14H28N2O/c1-5-6-10-16(13(17)14(2,3)4)11-12-8-7-9-15-12/h12,15H,5-11H2,1-4H3. The molecule has 1 N–H and O–H groups in total. The van der Waals surface area contributed by atoms with Crippen molar-refractivity contribution in [1.29, 1.82) is 0 Å². The van der Waals surface area contributed by atoms with Crippen molar-refractivity contribution in [3.63, 3.8) is 0 Å². The second kappa shape index (κ2) is 6.39. The van der Waals surface area contributed by atoms with Gasteiger partial charge in [-0.1, -0.05) is 34.1 Å². The van der Waals surface area contributed by atoms with Crippen LogP contribution in [0.2, 0.25) is 0 Å². The highest BCUT2D eigenvalue weighted by molar-refractivity contribution is 5.81. The first-order chi connectivity index (χ1) is 7.95. The maximum Gasteiger partial charge on any atom is 0.227 e. The third-order valence-electron chi connectivity index (χ3n) is 3.31. The van der Waals surface area contributed by atoms with Crippen molar-refractivity contribution in [2.75, 3.05) is 19.6 Å². The molecule has 3 nitrogen and oxygen atoms in total. The van der Waals surface area contributed by atoms with Gasteiger partial charge in [0.15, 0.2) is 0 Å². The number of hydrogen-bond acceptors (Lipinski definition) is 2. The van der Waals surface area contributed by atoms with E-state index in [1.54, 1.807) is 0 Å². The van der Waals surface area contributed by atoms with Crippen LogP contribution in [0.4, 0.5) is 0 Å². The van der Waals surface area contributed by atoms with Crippen LogP contribution in [-0.4, -0.2) is 36.5 Å². The minimum atomic E-state index is -0.258. The third-order valence-corrected chi connectivity index (χ3v) is 3.31. The molecule has 1 atom stereocenters.